The van der Waals surface area contributed by atoms with Gasteiger partial charge in [0.05, 0.1) is 10.5 Å². The lowest BCUT2D eigenvalue weighted by Crippen LogP contribution is -2.37. The minimum absolute atomic E-state index is 0.0340. The van der Waals surface area contributed by atoms with Crippen molar-refractivity contribution in [3.05, 3.63) is 168 Å². The first-order valence-corrected chi connectivity index (χ1v) is 21.8. The Morgan fingerprint density at radius 2 is 0.825 bits per heavy atom. The molecule has 0 saturated carbocycles. The molecule has 0 amide bonds. The Bertz CT molecular complexity index is 2220. The van der Waals surface area contributed by atoms with E-state index in [2.05, 4.69) is 0 Å². The molecule has 2 heterocycles. The van der Waals surface area contributed by atoms with Crippen LogP contribution in [0.25, 0.3) is 24.3 Å². The normalized spacial score (nSPS) is 23.0. The molecule has 0 aromatic heterocycles. The molecule has 2 aliphatic rings. The molecule has 0 radical (unpaired) electrons. The largest absolute Gasteiger partial charge is 0.461 e. The molecule has 10 nitrogen and oxygen atoms in total. The molecular weight excluding hydrogens is 851 g/mol. The molecular formula is C49H46F2O10S2. The predicted molar refractivity (Wildman–Crippen MR) is 241 cm³/mol. The Morgan fingerprint density at radius 3 is 1.19 bits per heavy atom. The van der Waals surface area contributed by atoms with Crippen LogP contribution < -0.4 is 0 Å². The minimum atomic E-state index is -1.77. The van der Waals surface area contributed by atoms with Crippen molar-refractivity contribution in [3.63, 3.8) is 0 Å². The van der Waals surface area contributed by atoms with Crippen molar-refractivity contribution >= 4 is 77.7 Å². The second-order valence-electron chi connectivity index (χ2n) is 14.0. The predicted octanol–water partition coefficient (Wildman–Crippen LogP) is 8.92. The Hall–Kier alpha value is -6.25. The highest BCUT2D eigenvalue weighted by Gasteiger charge is 2.49. The van der Waals surface area contributed by atoms with Crippen molar-refractivity contribution in [2.24, 2.45) is 0 Å². The molecule has 63 heavy (non-hydrogen) atoms. The summed E-state index contributed by atoms with van der Waals surface area (Å²) in [6.45, 7) is 2.64. The highest BCUT2D eigenvalue weighted by Crippen LogP contribution is 2.40. The maximum absolute atomic E-state index is 14.9. The van der Waals surface area contributed by atoms with Crippen LogP contribution in [0.5, 0.6) is 0 Å². The standard InChI is InChI=1S/C25H23FO6S.C24H23FO4S/c1-17(27)31-25-23(26)24(32-22(29)15-13-19-10-6-3-7-11-19)20(33-25)16-30-21(28)14-12-18-8-4-2-5-9-18;1-17-23(25)24(29-22(27)15-13-19-10-6-3-7-11-19)20(30-17)16-28-21(26)14-12-18-8-4-2-5-9-18/h2-15,20,23-25H,16H2,1H3;2-15,17,20,23-24H,16H2,1H3/b2*14-12+,15-13+/t20-,23+,24-,25-;17-,20-,23-,24-/m11/s1. The first kappa shape index (κ1) is 47.8. The van der Waals surface area contributed by atoms with Crippen LogP contribution in [0.15, 0.2) is 146 Å². The molecule has 8 atom stereocenters. The van der Waals surface area contributed by atoms with E-state index in [0.717, 1.165) is 34.0 Å². The summed E-state index contributed by atoms with van der Waals surface area (Å²) < 4.78 is 55.6. The first-order chi connectivity index (χ1) is 30.4. The number of halogens is 2. The molecule has 0 aliphatic carbocycles. The van der Waals surface area contributed by atoms with Crippen molar-refractivity contribution in [1.82, 2.24) is 0 Å². The van der Waals surface area contributed by atoms with Gasteiger partial charge in [-0.1, -0.05) is 128 Å². The second kappa shape index (κ2) is 25.0. The monoisotopic (exact) mass is 896 g/mol. The number of hydrogen-bond acceptors (Lipinski definition) is 12. The van der Waals surface area contributed by atoms with E-state index >= 15 is 0 Å². The smallest absolute Gasteiger partial charge is 0.331 e. The van der Waals surface area contributed by atoms with Crippen LogP contribution in [0, 0.1) is 0 Å². The van der Waals surface area contributed by atoms with Crippen LogP contribution in [0.3, 0.4) is 0 Å². The van der Waals surface area contributed by atoms with Gasteiger partial charge >= 0.3 is 29.8 Å². The Balaban J connectivity index is 0.000000239. The summed E-state index contributed by atoms with van der Waals surface area (Å²) in [4.78, 5) is 59.8. The molecule has 0 N–H and O–H groups in total. The van der Waals surface area contributed by atoms with E-state index in [1.807, 2.05) is 109 Å². The number of rotatable bonds is 15. The van der Waals surface area contributed by atoms with E-state index in [-0.39, 0.29) is 18.5 Å². The number of thioether (sulfide) groups is 2. The van der Waals surface area contributed by atoms with Gasteiger partial charge in [-0.2, -0.15) is 0 Å². The Kier molecular flexibility index (Phi) is 19.0. The number of hydrogen-bond donors (Lipinski definition) is 0. The lowest BCUT2D eigenvalue weighted by atomic mass is 10.1. The zero-order valence-electron chi connectivity index (χ0n) is 34.4. The van der Waals surface area contributed by atoms with E-state index in [4.69, 9.17) is 23.7 Å². The molecule has 4 aromatic rings. The van der Waals surface area contributed by atoms with Gasteiger partial charge in [-0.15, -0.1) is 23.5 Å². The van der Waals surface area contributed by atoms with Gasteiger partial charge in [0.2, 0.25) is 0 Å². The fourth-order valence-corrected chi connectivity index (χ4v) is 8.79. The number of benzene rings is 4. The summed E-state index contributed by atoms with van der Waals surface area (Å²) in [6.07, 6.45) is 6.15. The molecule has 328 valence electrons. The maximum Gasteiger partial charge on any atom is 0.331 e. The number of carbonyl (C=O) groups is 5. The molecule has 14 heteroatoms. The van der Waals surface area contributed by atoms with Crippen LogP contribution in [0.4, 0.5) is 8.78 Å². The van der Waals surface area contributed by atoms with Crippen molar-refractivity contribution < 1.29 is 56.4 Å². The van der Waals surface area contributed by atoms with E-state index in [0.29, 0.717) is 0 Å². The first-order valence-electron chi connectivity index (χ1n) is 19.9. The molecule has 2 fully saturated rings. The average Bonchev–Trinajstić information content (AvgIpc) is 3.73. The highest BCUT2D eigenvalue weighted by atomic mass is 32.2. The third kappa shape index (κ3) is 16.2. The summed E-state index contributed by atoms with van der Waals surface area (Å²) in [5, 5.41) is -1.56. The summed E-state index contributed by atoms with van der Waals surface area (Å²) in [5.41, 5.74) is 2.15. The van der Waals surface area contributed by atoms with E-state index < -0.39 is 70.3 Å². The van der Waals surface area contributed by atoms with E-state index in [1.54, 1.807) is 43.4 Å². The van der Waals surface area contributed by atoms with E-state index in [1.165, 1.54) is 43.0 Å². The Morgan fingerprint density at radius 1 is 0.492 bits per heavy atom. The molecule has 0 bridgehead atoms. The molecule has 0 unspecified atom stereocenters. The van der Waals surface area contributed by atoms with Gasteiger partial charge in [0.25, 0.3) is 0 Å². The van der Waals surface area contributed by atoms with Gasteiger partial charge in [-0.05, 0) is 46.6 Å². The number of carbonyl (C=O) groups excluding carboxylic acids is 5. The maximum atomic E-state index is 14.9. The lowest BCUT2D eigenvalue weighted by Gasteiger charge is -2.19. The van der Waals surface area contributed by atoms with Crippen molar-refractivity contribution in [2.45, 2.75) is 59.6 Å². The van der Waals surface area contributed by atoms with Crippen LogP contribution in [0.2, 0.25) is 0 Å². The Labute approximate surface area is 373 Å². The zero-order valence-corrected chi connectivity index (χ0v) is 36.0. The number of alkyl halides is 2. The lowest BCUT2D eigenvalue weighted by molar-refractivity contribution is -0.152. The average molecular weight is 897 g/mol. The quantitative estimate of drug-likeness (QED) is 0.0642. The summed E-state index contributed by atoms with van der Waals surface area (Å²) in [5.74, 6) is -3.19. The molecule has 0 spiro atoms. The third-order valence-corrected chi connectivity index (χ3v) is 12.0. The fraction of sp³-hybridized carbons (Fsp3) is 0.245. The molecule has 2 saturated heterocycles. The van der Waals surface area contributed by atoms with Crippen molar-refractivity contribution in [3.8, 4) is 0 Å². The molecule has 6 rings (SSSR count). The van der Waals surface area contributed by atoms with Gasteiger partial charge in [-0.3, -0.25) is 4.79 Å². The van der Waals surface area contributed by atoms with Crippen LogP contribution >= 0.6 is 23.5 Å². The van der Waals surface area contributed by atoms with Crippen LogP contribution in [0.1, 0.15) is 36.1 Å². The summed E-state index contributed by atoms with van der Waals surface area (Å²) >= 11 is 2.26. The fourth-order valence-electron chi connectivity index (χ4n) is 6.08. The van der Waals surface area contributed by atoms with Gasteiger partial charge in [0.1, 0.15) is 25.5 Å². The van der Waals surface area contributed by atoms with Gasteiger partial charge in [0.15, 0.2) is 17.7 Å². The minimum Gasteiger partial charge on any atom is -0.461 e. The van der Waals surface area contributed by atoms with Gasteiger partial charge in [-0.25, -0.2) is 28.0 Å². The summed E-state index contributed by atoms with van der Waals surface area (Å²) in [7, 11) is 0. The third-order valence-electron chi connectivity index (χ3n) is 9.18. The highest BCUT2D eigenvalue weighted by molar-refractivity contribution is 8.01. The molecule has 2 aliphatic heterocycles. The topological polar surface area (TPSA) is 132 Å². The molecule has 4 aromatic carbocycles. The SMILES string of the molecule is CC(=O)O[C@@H]1S[C@H](COC(=O)/C=C/c2ccccc2)[C@@H](OC(=O)/C=C/c2ccccc2)[C@@H]1F.C[C@H]1S[C@H](COC(=O)/C=C/c2ccccc2)[C@@H](OC(=O)/C=C/c2ccccc2)[C@@H]1F. The van der Waals surface area contributed by atoms with Gasteiger partial charge in [0, 0.05) is 36.5 Å². The van der Waals surface area contributed by atoms with E-state index in [9.17, 15) is 32.8 Å². The van der Waals surface area contributed by atoms with Crippen LogP contribution in [-0.4, -0.2) is 88.8 Å². The summed E-state index contributed by atoms with van der Waals surface area (Å²) in [6, 6.07) is 36.9. The van der Waals surface area contributed by atoms with Crippen molar-refractivity contribution in [2.75, 3.05) is 13.2 Å². The zero-order chi connectivity index (χ0) is 45.0. The van der Waals surface area contributed by atoms with Crippen molar-refractivity contribution in [1.29, 1.82) is 0 Å². The van der Waals surface area contributed by atoms with Gasteiger partial charge < -0.3 is 23.7 Å². The number of esters is 5. The number of ether oxygens (including phenoxy) is 5. The van der Waals surface area contributed by atoms with Crippen LogP contribution in [-0.2, 0) is 47.7 Å². The second-order valence-corrected chi connectivity index (χ2v) is 16.9.